The van der Waals surface area contributed by atoms with Crippen LogP contribution in [-0.4, -0.2) is 47.8 Å². The van der Waals surface area contributed by atoms with Gasteiger partial charge in [0.1, 0.15) is 6.04 Å². The van der Waals surface area contributed by atoms with E-state index in [1.54, 1.807) is 12.1 Å². The van der Waals surface area contributed by atoms with Gasteiger partial charge in [0.15, 0.2) is 0 Å². The predicted octanol–water partition coefficient (Wildman–Crippen LogP) is 2.35. The first kappa shape index (κ1) is 20.4. The Bertz CT molecular complexity index is 692. The number of hydrogen-bond donors (Lipinski definition) is 2. The van der Waals surface area contributed by atoms with Crippen LogP contribution in [0.5, 0.6) is 0 Å². The number of likely N-dealkylation sites (tertiary alicyclic amines) is 1. The molecule has 1 atom stereocenters. The lowest BCUT2D eigenvalue weighted by atomic mass is 9.88. The number of nitrogens with zero attached hydrogens (tertiary/aromatic N) is 1. The van der Waals surface area contributed by atoms with Crippen molar-refractivity contribution < 1.29 is 14.4 Å². The van der Waals surface area contributed by atoms with Crippen LogP contribution < -0.4 is 10.6 Å². The molecular weight excluding hydrogens is 354 g/mol. The minimum atomic E-state index is -0.560. The SMILES string of the molecule is CC(C)CC(=O)N1CCC([C@H](NC(=O)c2ccccc2)C(=O)NC2CC2)CC1. The van der Waals surface area contributed by atoms with Crippen LogP contribution in [0.4, 0.5) is 0 Å². The summed E-state index contributed by atoms with van der Waals surface area (Å²) < 4.78 is 0. The van der Waals surface area contributed by atoms with Crippen molar-refractivity contribution >= 4 is 17.7 Å². The van der Waals surface area contributed by atoms with Gasteiger partial charge in [0.2, 0.25) is 11.8 Å². The molecule has 1 heterocycles. The van der Waals surface area contributed by atoms with Gasteiger partial charge in [0.25, 0.3) is 5.91 Å². The maximum absolute atomic E-state index is 12.8. The highest BCUT2D eigenvalue weighted by Gasteiger charge is 2.36. The Hall–Kier alpha value is -2.37. The summed E-state index contributed by atoms with van der Waals surface area (Å²) in [6.07, 6.45) is 4.02. The highest BCUT2D eigenvalue weighted by Crippen LogP contribution is 2.24. The molecule has 0 bridgehead atoms. The average Bonchev–Trinajstić information content (AvgIpc) is 3.50. The van der Waals surface area contributed by atoms with Crippen LogP contribution in [0.15, 0.2) is 30.3 Å². The molecule has 2 fully saturated rings. The molecule has 0 spiro atoms. The van der Waals surface area contributed by atoms with E-state index in [9.17, 15) is 14.4 Å². The molecule has 152 valence electrons. The van der Waals surface area contributed by atoms with Gasteiger partial charge in [0.05, 0.1) is 0 Å². The number of hydrogen-bond acceptors (Lipinski definition) is 3. The topological polar surface area (TPSA) is 78.5 Å². The van der Waals surface area contributed by atoms with Crippen LogP contribution in [0.1, 0.15) is 56.3 Å². The second kappa shape index (κ2) is 9.22. The Labute approximate surface area is 167 Å². The molecule has 6 nitrogen and oxygen atoms in total. The highest BCUT2D eigenvalue weighted by molar-refractivity contribution is 5.97. The molecule has 1 aromatic rings. The number of nitrogens with one attached hydrogen (secondary N) is 2. The lowest BCUT2D eigenvalue weighted by molar-refractivity contribution is -0.133. The average molecular weight is 386 g/mol. The quantitative estimate of drug-likeness (QED) is 0.756. The maximum atomic E-state index is 12.8. The number of piperidine rings is 1. The molecule has 1 aliphatic heterocycles. The van der Waals surface area contributed by atoms with Crippen molar-refractivity contribution in [3.8, 4) is 0 Å². The highest BCUT2D eigenvalue weighted by atomic mass is 16.2. The summed E-state index contributed by atoms with van der Waals surface area (Å²) in [6.45, 7) is 5.37. The smallest absolute Gasteiger partial charge is 0.251 e. The third kappa shape index (κ3) is 5.57. The van der Waals surface area contributed by atoms with Crippen LogP contribution >= 0.6 is 0 Å². The van der Waals surface area contributed by atoms with Gasteiger partial charge in [-0.3, -0.25) is 14.4 Å². The monoisotopic (exact) mass is 385 g/mol. The van der Waals surface area contributed by atoms with E-state index in [1.807, 2.05) is 36.9 Å². The molecule has 2 aliphatic rings. The van der Waals surface area contributed by atoms with E-state index in [0.29, 0.717) is 31.0 Å². The lowest BCUT2D eigenvalue weighted by Gasteiger charge is -2.36. The molecule has 0 aromatic heterocycles. The fraction of sp³-hybridized carbons (Fsp3) is 0.591. The Morgan fingerprint density at radius 1 is 1.04 bits per heavy atom. The van der Waals surface area contributed by atoms with Gasteiger partial charge >= 0.3 is 0 Å². The normalized spacial score (nSPS) is 18.6. The first-order chi connectivity index (χ1) is 13.4. The minimum absolute atomic E-state index is 0.0366. The maximum Gasteiger partial charge on any atom is 0.251 e. The Kier molecular flexibility index (Phi) is 6.70. The fourth-order valence-corrected chi connectivity index (χ4v) is 3.69. The van der Waals surface area contributed by atoms with E-state index in [2.05, 4.69) is 10.6 Å². The molecule has 3 amide bonds. The third-order valence-electron chi connectivity index (χ3n) is 5.48. The van der Waals surface area contributed by atoms with Gasteiger partial charge in [-0.15, -0.1) is 0 Å². The van der Waals surface area contributed by atoms with Crippen LogP contribution in [0, 0.1) is 11.8 Å². The molecule has 1 saturated carbocycles. The molecular formula is C22H31N3O3. The van der Waals surface area contributed by atoms with Crippen molar-refractivity contribution in [1.82, 2.24) is 15.5 Å². The molecule has 1 saturated heterocycles. The van der Waals surface area contributed by atoms with E-state index in [-0.39, 0.29) is 29.7 Å². The van der Waals surface area contributed by atoms with Gasteiger partial charge < -0.3 is 15.5 Å². The number of rotatable bonds is 7. The summed E-state index contributed by atoms with van der Waals surface area (Å²) >= 11 is 0. The zero-order valence-corrected chi connectivity index (χ0v) is 16.8. The number of carbonyl (C=O) groups excluding carboxylic acids is 3. The van der Waals surface area contributed by atoms with E-state index < -0.39 is 6.04 Å². The van der Waals surface area contributed by atoms with Crippen molar-refractivity contribution in [2.24, 2.45) is 11.8 Å². The standard InChI is InChI=1S/C22H31N3O3/c1-15(2)14-19(26)25-12-10-16(11-13-25)20(22(28)23-18-8-9-18)24-21(27)17-6-4-3-5-7-17/h3-7,15-16,18,20H,8-14H2,1-2H3,(H,23,28)(H,24,27)/t20-/m0/s1. The molecule has 0 radical (unpaired) electrons. The summed E-state index contributed by atoms with van der Waals surface area (Å²) in [5.41, 5.74) is 0.552. The van der Waals surface area contributed by atoms with Crippen molar-refractivity contribution in [2.45, 2.75) is 58.0 Å². The first-order valence-electron chi connectivity index (χ1n) is 10.4. The van der Waals surface area contributed by atoms with Crippen molar-refractivity contribution in [2.75, 3.05) is 13.1 Å². The third-order valence-corrected chi connectivity index (χ3v) is 5.48. The fourth-order valence-electron chi connectivity index (χ4n) is 3.69. The van der Waals surface area contributed by atoms with Gasteiger partial charge in [-0.25, -0.2) is 0 Å². The molecule has 1 aromatic carbocycles. The predicted molar refractivity (Wildman–Crippen MR) is 108 cm³/mol. The van der Waals surface area contributed by atoms with E-state index in [4.69, 9.17) is 0 Å². The molecule has 1 aliphatic carbocycles. The number of benzene rings is 1. The molecule has 3 rings (SSSR count). The first-order valence-corrected chi connectivity index (χ1v) is 10.4. The molecule has 6 heteroatoms. The van der Waals surface area contributed by atoms with E-state index in [0.717, 1.165) is 25.7 Å². The van der Waals surface area contributed by atoms with Gasteiger partial charge in [-0.1, -0.05) is 32.0 Å². The number of amides is 3. The van der Waals surface area contributed by atoms with Crippen molar-refractivity contribution in [1.29, 1.82) is 0 Å². The van der Waals surface area contributed by atoms with Crippen LogP contribution in [0.25, 0.3) is 0 Å². The van der Waals surface area contributed by atoms with Gasteiger partial charge in [0, 0.05) is 31.1 Å². The van der Waals surface area contributed by atoms with E-state index >= 15 is 0 Å². The Morgan fingerprint density at radius 3 is 2.25 bits per heavy atom. The lowest BCUT2D eigenvalue weighted by Crippen LogP contribution is -2.54. The van der Waals surface area contributed by atoms with Crippen LogP contribution in [0.3, 0.4) is 0 Å². The van der Waals surface area contributed by atoms with Crippen LogP contribution in [-0.2, 0) is 9.59 Å². The second-order valence-electron chi connectivity index (χ2n) is 8.42. The second-order valence-corrected chi connectivity index (χ2v) is 8.42. The van der Waals surface area contributed by atoms with Gasteiger partial charge in [-0.2, -0.15) is 0 Å². The zero-order chi connectivity index (χ0) is 20.1. The summed E-state index contributed by atoms with van der Waals surface area (Å²) in [5.74, 6) is 0.233. The Balaban J connectivity index is 1.63. The number of carbonyl (C=O) groups is 3. The zero-order valence-electron chi connectivity index (χ0n) is 16.8. The van der Waals surface area contributed by atoms with Crippen molar-refractivity contribution in [3.05, 3.63) is 35.9 Å². The van der Waals surface area contributed by atoms with Gasteiger partial charge in [-0.05, 0) is 49.7 Å². The van der Waals surface area contributed by atoms with E-state index in [1.165, 1.54) is 0 Å². The summed E-state index contributed by atoms with van der Waals surface area (Å²) in [5, 5.41) is 5.99. The Morgan fingerprint density at radius 2 is 1.68 bits per heavy atom. The molecule has 2 N–H and O–H groups in total. The molecule has 0 unspecified atom stereocenters. The van der Waals surface area contributed by atoms with Crippen molar-refractivity contribution in [3.63, 3.8) is 0 Å². The summed E-state index contributed by atoms with van der Waals surface area (Å²) in [6, 6.07) is 8.67. The van der Waals surface area contributed by atoms with Crippen LogP contribution in [0.2, 0.25) is 0 Å². The molecule has 28 heavy (non-hydrogen) atoms. The summed E-state index contributed by atoms with van der Waals surface area (Å²) in [4.78, 5) is 39.7. The largest absolute Gasteiger partial charge is 0.352 e. The summed E-state index contributed by atoms with van der Waals surface area (Å²) in [7, 11) is 0. The minimum Gasteiger partial charge on any atom is -0.352 e.